The Morgan fingerprint density at radius 3 is 2.29 bits per heavy atom. The summed E-state index contributed by atoms with van der Waals surface area (Å²) in [6.45, 7) is 11.8. The molecule has 3 saturated heterocycles. The highest BCUT2D eigenvalue weighted by molar-refractivity contribution is 4.89. The van der Waals surface area contributed by atoms with Crippen LogP contribution in [0.25, 0.3) is 0 Å². The van der Waals surface area contributed by atoms with Crippen molar-refractivity contribution in [2.24, 2.45) is 0 Å². The molecular formula is C21H43N7. The van der Waals surface area contributed by atoms with E-state index >= 15 is 0 Å². The van der Waals surface area contributed by atoms with E-state index < -0.39 is 0 Å². The smallest absolute Gasteiger partial charge is 0.0595 e. The van der Waals surface area contributed by atoms with Crippen molar-refractivity contribution in [3.8, 4) is 0 Å². The third-order valence-corrected chi connectivity index (χ3v) is 7.43. The molecule has 4 rings (SSSR count). The average molecular weight is 394 g/mol. The minimum Gasteiger partial charge on any atom is -0.304 e. The van der Waals surface area contributed by atoms with Gasteiger partial charge in [0.2, 0.25) is 0 Å². The largest absolute Gasteiger partial charge is 0.304 e. The molecule has 1 saturated carbocycles. The third-order valence-electron chi connectivity index (χ3n) is 7.43. The first-order chi connectivity index (χ1) is 13.8. The van der Waals surface area contributed by atoms with Gasteiger partial charge in [0.1, 0.15) is 0 Å². The van der Waals surface area contributed by atoms with Crippen molar-refractivity contribution < 1.29 is 0 Å². The first-order valence-electron chi connectivity index (χ1n) is 12.0. The van der Waals surface area contributed by atoms with Gasteiger partial charge in [0.05, 0.1) is 12.3 Å². The van der Waals surface area contributed by atoms with Gasteiger partial charge in [-0.2, -0.15) is 0 Å². The van der Waals surface area contributed by atoms with Crippen LogP contribution in [0.3, 0.4) is 0 Å². The molecule has 4 aliphatic rings. The Balaban J connectivity index is 1.15. The molecule has 28 heavy (non-hydrogen) atoms. The van der Waals surface area contributed by atoms with Crippen molar-refractivity contribution in [1.29, 1.82) is 0 Å². The zero-order valence-corrected chi connectivity index (χ0v) is 17.9. The SMILES string of the molecule is CCN1CCN(C2CCC(NC3CC(NC4CCNCN4)CCN3)CC2)CC1. The van der Waals surface area contributed by atoms with Crippen molar-refractivity contribution >= 4 is 0 Å². The number of rotatable bonds is 6. The number of piperazine rings is 1. The molecule has 0 amide bonds. The van der Waals surface area contributed by atoms with Gasteiger partial charge in [-0.3, -0.25) is 20.9 Å². The molecule has 3 heterocycles. The number of likely N-dealkylation sites (N-methyl/N-ethyl adjacent to an activating group) is 1. The molecule has 3 atom stereocenters. The van der Waals surface area contributed by atoms with Gasteiger partial charge >= 0.3 is 0 Å². The van der Waals surface area contributed by atoms with E-state index in [4.69, 9.17) is 0 Å². The summed E-state index contributed by atoms with van der Waals surface area (Å²) in [6.07, 6.45) is 9.99. The van der Waals surface area contributed by atoms with E-state index in [2.05, 4.69) is 43.3 Å². The maximum atomic E-state index is 3.95. The van der Waals surface area contributed by atoms with Crippen LogP contribution in [-0.4, -0.2) is 92.7 Å². The molecule has 0 radical (unpaired) electrons. The molecule has 0 aromatic carbocycles. The number of nitrogens with zero attached hydrogens (tertiary/aromatic N) is 2. The van der Waals surface area contributed by atoms with Crippen molar-refractivity contribution in [3.63, 3.8) is 0 Å². The molecular weight excluding hydrogens is 350 g/mol. The third kappa shape index (κ3) is 5.88. The van der Waals surface area contributed by atoms with Crippen LogP contribution in [0.4, 0.5) is 0 Å². The minimum atomic E-state index is 0.475. The van der Waals surface area contributed by atoms with E-state index in [1.807, 2.05) is 0 Å². The topological polar surface area (TPSA) is 66.6 Å². The summed E-state index contributed by atoms with van der Waals surface area (Å²) in [6, 6.07) is 2.15. The molecule has 0 aromatic rings. The molecule has 7 heteroatoms. The fourth-order valence-corrected chi connectivity index (χ4v) is 5.59. The Kier molecular flexibility index (Phi) is 7.98. The molecule has 0 aromatic heterocycles. The normalized spacial score (nSPS) is 39.1. The summed E-state index contributed by atoms with van der Waals surface area (Å²) in [5.74, 6) is 0. The standard InChI is InChI=1S/C21H43N7/c1-2-27-11-13-28(14-12-27)19-5-3-17(4-6-19)25-21-15-18(7-10-23-21)26-20-8-9-22-16-24-20/h17-26H,2-16H2,1H3. The highest BCUT2D eigenvalue weighted by Gasteiger charge is 2.30. The van der Waals surface area contributed by atoms with Gasteiger partial charge in [0.15, 0.2) is 0 Å². The minimum absolute atomic E-state index is 0.475. The molecule has 0 spiro atoms. The fourth-order valence-electron chi connectivity index (χ4n) is 5.59. The summed E-state index contributed by atoms with van der Waals surface area (Å²) in [4.78, 5) is 5.36. The Morgan fingerprint density at radius 2 is 1.57 bits per heavy atom. The van der Waals surface area contributed by atoms with Gasteiger partial charge in [0, 0.05) is 51.0 Å². The Morgan fingerprint density at radius 1 is 0.786 bits per heavy atom. The lowest BCUT2D eigenvalue weighted by molar-refractivity contribution is 0.0742. The van der Waals surface area contributed by atoms with E-state index in [1.54, 1.807) is 0 Å². The molecule has 3 unspecified atom stereocenters. The Bertz CT molecular complexity index is 440. The quantitative estimate of drug-likeness (QED) is 0.437. The maximum Gasteiger partial charge on any atom is 0.0595 e. The fraction of sp³-hybridized carbons (Fsp3) is 1.00. The van der Waals surface area contributed by atoms with E-state index in [0.717, 1.165) is 25.8 Å². The monoisotopic (exact) mass is 393 g/mol. The highest BCUT2D eigenvalue weighted by Crippen LogP contribution is 2.25. The first-order valence-corrected chi connectivity index (χ1v) is 12.0. The average Bonchev–Trinajstić information content (AvgIpc) is 2.75. The van der Waals surface area contributed by atoms with Crippen LogP contribution >= 0.6 is 0 Å². The second-order valence-corrected chi connectivity index (χ2v) is 9.26. The van der Waals surface area contributed by atoms with E-state index in [0.29, 0.717) is 24.4 Å². The number of hydrogen-bond acceptors (Lipinski definition) is 7. The second kappa shape index (κ2) is 10.7. The lowest BCUT2D eigenvalue weighted by atomic mass is 9.89. The Labute approximate surface area is 171 Å². The molecule has 5 N–H and O–H groups in total. The van der Waals surface area contributed by atoms with Gasteiger partial charge in [-0.05, 0) is 64.6 Å². The van der Waals surface area contributed by atoms with Gasteiger partial charge in [-0.1, -0.05) is 6.92 Å². The van der Waals surface area contributed by atoms with Crippen LogP contribution in [-0.2, 0) is 0 Å². The summed E-state index contributed by atoms with van der Waals surface area (Å²) in [7, 11) is 0. The van der Waals surface area contributed by atoms with Crippen LogP contribution in [0.5, 0.6) is 0 Å². The van der Waals surface area contributed by atoms with Gasteiger partial charge < -0.3 is 15.5 Å². The highest BCUT2D eigenvalue weighted by atomic mass is 15.3. The van der Waals surface area contributed by atoms with Crippen molar-refractivity contribution in [2.75, 3.05) is 52.5 Å². The van der Waals surface area contributed by atoms with Crippen LogP contribution in [0, 0.1) is 0 Å². The number of hydrogen-bond donors (Lipinski definition) is 5. The zero-order chi connectivity index (χ0) is 19.2. The summed E-state index contributed by atoms with van der Waals surface area (Å²) in [5, 5.41) is 18.4. The maximum absolute atomic E-state index is 3.95. The van der Waals surface area contributed by atoms with Crippen molar-refractivity contribution in [3.05, 3.63) is 0 Å². The van der Waals surface area contributed by atoms with Crippen LogP contribution in [0.1, 0.15) is 51.9 Å². The van der Waals surface area contributed by atoms with Gasteiger partial charge in [-0.25, -0.2) is 0 Å². The lowest BCUT2D eigenvalue weighted by Crippen LogP contribution is -2.60. The van der Waals surface area contributed by atoms with Crippen molar-refractivity contribution in [2.45, 2.75) is 82.3 Å². The predicted octanol–water partition coefficient (Wildman–Crippen LogP) is 0.0589. The van der Waals surface area contributed by atoms with E-state index in [1.165, 1.54) is 77.7 Å². The zero-order valence-electron chi connectivity index (χ0n) is 17.9. The van der Waals surface area contributed by atoms with Crippen LogP contribution < -0.4 is 26.6 Å². The first kappa shape index (κ1) is 21.0. The summed E-state index contributed by atoms with van der Waals surface area (Å²) in [5.41, 5.74) is 0. The number of nitrogens with one attached hydrogen (secondary N) is 5. The van der Waals surface area contributed by atoms with E-state index in [9.17, 15) is 0 Å². The lowest BCUT2D eigenvalue weighted by Gasteiger charge is -2.43. The van der Waals surface area contributed by atoms with Crippen molar-refractivity contribution in [1.82, 2.24) is 36.4 Å². The van der Waals surface area contributed by atoms with Crippen LogP contribution in [0.2, 0.25) is 0 Å². The second-order valence-electron chi connectivity index (χ2n) is 9.26. The molecule has 162 valence electrons. The molecule has 3 aliphatic heterocycles. The Hall–Kier alpha value is -0.280. The predicted molar refractivity (Wildman–Crippen MR) is 115 cm³/mol. The van der Waals surface area contributed by atoms with Crippen LogP contribution in [0.15, 0.2) is 0 Å². The van der Waals surface area contributed by atoms with Gasteiger partial charge in [-0.15, -0.1) is 0 Å². The summed E-state index contributed by atoms with van der Waals surface area (Å²) >= 11 is 0. The molecule has 1 aliphatic carbocycles. The van der Waals surface area contributed by atoms with Gasteiger partial charge in [0.25, 0.3) is 0 Å². The number of piperidine rings is 1. The van der Waals surface area contributed by atoms with E-state index in [-0.39, 0.29) is 0 Å². The molecule has 4 fully saturated rings. The summed E-state index contributed by atoms with van der Waals surface area (Å²) < 4.78 is 0. The molecule has 7 nitrogen and oxygen atoms in total. The molecule has 0 bridgehead atoms.